The highest BCUT2D eigenvalue weighted by Gasteiger charge is 2.48. The summed E-state index contributed by atoms with van der Waals surface area (Å²) in [6.07, 6.45) is 2.64. The molecule has 1 saturated heterocycles. The lowest BCUT2D eigenvalue weighted by atomic mass is 9.94. The number of fused-ring (bicyclic) bond motifs is 2. The number of aliphatic hydroxyl groups is 1. The maximum atomic E-state index is 13.5. The summed E-state index contributed by atoms with van der Waals surface area (Å²) in [5, 5.41) is 12.9. The first kappa shape index (κ1) is 21.5. The van der Waals surface area contributed by atoms with Crippen LogP contribution in [0.15, 0.2) is 78.5 Å². The molecular formula is C28H21ClN2O4. The van der Waals surface area contributed by atoms with Gasteiger partial charge in [-0.2, -0.15) is 0 Å². The van der Waals surface area contributed by atoms with E-state index in [1.165, 1.54) is 4.90 Å². The smallest absolute Gasteiger partial charge is 0.300 e. The summed E-state index contributed by atoms with van der Waals surface area (Å²) in [6.45, 7) is 0.580. The van der Waals surface area contributed by atoms with Gasteiger partial charge in [-0.05, 0) is 54.1 Å². The molecule has 0 saturated carbocycles. The molecule has 0 aliphatic carbocycles. The molecule has 6 rings (SSSR count). The summed E-state index contributed by atoms with van der Waals surface area (Å²) in [5.74, 6) is -0.857. The molecule has 0 bridgehead atoms. The van der Waals surface area contributed by atoms with Crippen LogP contribution in [-0.4, -0.2) is 28.0 Å². The number of nitrogens with zero attached hydrogens (tertiary/aromatic N) is 2. The predicted octanol–water partition coefficient (Wildman–Crippen LogP) is 5.39. The van der Waals surface area contributed by atoms with E-state index in [0.717, 1.165) is 34.2 Å². The van der Waals surface area contributed by atoms with Gasteiger partial charge in [-0.1, -0.05) is 29.8 Å². The topological polar surface area (TPSA) is 71.8 Å². The minimum Gasteiger partial charge on any atom is -0.507 e. The highest BCUT2D eigenvalue weighted by Crippen LogP contribution is 2.45. The van der Waals surface area contributed by atoms with Gasteiger partial charge in [0.15, 0.2) is 0 Å². The Hall–Kier alpha value is -4.03. The van der Waals surface area contributed by atoms with Gasteiger partial charge in [0.1, 0.15) is 11.5 Å². The quantitative estimate of drug-likeness (QED) is 0.240. The molecule has 1 aromatic heterocycles. The van der Waals surface area contributed by atoms with Gasteiger partial charge in [0, 0.05) is 52.4 Å². The van der Waals surface area contributed by atoms with Gasteiger partial charge in [-0.25, -0.2) is 0 Å². The maximum Gasteiger partial charge on any atom is 0.300 e. The number of aromatic nitrogens is 1. The molecule has 1 unspecified atom stereocenters. The number of Topliss-reactive ketones (excluding diaryl/α,β-unsaturated/α-hetero) is 1. The van der Waals surface area contributed by atoms with E-state index in [2.05, 4.69) is 0 Å². The maximum absolute atomic E-state index is 13.5. The number of halogens is 1. The lowest BCUT2D eigenvalue weighted by molar-refractivity contribution is -0.132. The standard InChI is InChI=1S/C28H21ClN2O4/c1-30-15-21(20-4-2-3-5-22(20)30)25-24(26(32)17-6-11-23-16(14-17)12-13-35-23)27(33)28(34)31(25)19-9-7-18(29)8-10-19/h2-11,14-15,25,32H,12-13H2,1H3/b26-24+. The first-order chi connectivity index (χ1) is 16.9. The van der Waals surface area contributed by atoms with Crippen LogP contribution >= 0.6 is 11.6 Å². The molecule has 2 aliphatic rings. The van der Waals surface area contributed by atoms with Gasteiger partial charge >= 0.3 is 0 Å². The van der Waals surface area contributed by atoms with Crippen LogP contribution in [0.5, 0.6) is 5.75 Å². The minimum absolute atomic E-state index is 0.0557. The van der Waals surface area contributed by atoms with E-state index >= 15 is 0 Å². The molecule has 6 nitrogen and oxygen atoms in total. The van der Waals surface area contributed by atoms with E-state index in [0.29, 0.717) is 22.9 Å². The Morgan fingerprint density at radius 3 is 2.63 bits per heavy atom. The molecule has 35 heavy (non-hydrogen) atoms. The fourth-order valence-electron chi connectivity index (χ4n) is 5.08. The number of hydrogen-bond donors (Lipinski definition) is 1. The number of anilines is 1. The zero-order chi connectivity index (χ0) is 24.3. The van der Waals surface area contributed by atoms with E-state index in [1.807, 2.05) is 48.1 Å². The van der Waals surface area contributed by atoms with Crippen LogP contribution < -0.4 is 9.64 Å². The molecule has 3 heterocycles. The fraction of sp³-hybridized carbons (Fsp3) is 0.143. The normalized spacial score (nSPS) is 18.8. The molecule has 1 amide bonds. The number of ether oxygens (including phenoxy) is 1. The van der Waals surface area contributed by atoms with Gasteiger partial charge < -0.3 is 14.4 Å². The van der Waals surface area contributed by atoms with Crippen molar-refractivity contribution in [1.29, 1.82) is 0 Å². The third-order valence-corrected chi connectivity index (χ3v) is 6.99. The van der Waals surface area contributed by atoms with E-state index < -0.39 is 17.7 Å². The molecule has 174 valence electrons. The number of carbonyl (C=O) groups excluding carboxylic acids is 2. The first-order valence-corrected chi connectivity index (χ1v) is 11.7. The second kappa shape index (κ2) is 8.03. The zero-order valence-electron chi connectivity index (χ0n) is 18.9. The second-order valence-corrected chi connectivity index (χ2v) is 9.22. The molecular weight excluding hydrogens is 464 g/mol. The molecule has 2 aliphatic heterocycles. The van der Waals surface area contributed by atoms with E-state index in [1.54, 1.807) is 36.4 Å². The lowest BCUT2D eigenvalue weighted by Crippen LogP contribution is -2.29. The summed E-state index contributed by atoms with van der Waals surface area (Å²) >= 11 is 6.09. The van der Waals surface area contributed by atoms with E-state index in [-0.39, 0.29) is 11.3 Å². The number of amides is 1. The summed E-state index contributed by atoms with van der Waals surface area (Å²) in [5.41, 5.74) is 3.73. The SMILES string of the molecule is Cn1cc(C2/C(=C(\O)c3ccc4c(c3)CCO4)C(=O)C(=O)N2c2ccc(Cl)cc2)c2ccccc21. The van der Waals surface area contributed by atoms with E-state index in [4.69, 9.17) is 16.3 Å². The van der Waals surface area contributed by atoms with Crippen molar-refractivity contribution >= 4 is 45.6 Å². The monoisotopic (exact) mass is 484 g/mol. The molecule has 4 aromatic rings. The van der Waals surface area contributed by atoms with Crippen molar-refractivity contribution in [2.45, 2.75) is 12.5 Å². The van der Waals surface area contributed by atoms with Gasteiger partial charge in [-0.3, -0.25) is 14.5 Å². The van der Waals surface area contributed by atoms with Gasteiger partial charge in [0.05, 0.1) is 18.2 Å². The largest absolute Gasteiger partial charge is 0.507 e. The third-order valence-electron chi connectivity index (χ3n) is 6.73. The van der Waals surface area contributed by atoms with Crippen LogP contribution in [0.1, 0.15) is 22.7 Å². The van der Waals surface area contributed by atoms with Crippen LogP contribution in [0, 0.1) is 0 Å². The highest BCUT2D eigenvalue weighted by atomic mass is 35.5. The summed E-state index contributed by atoms with van der Waals surface area (Å²) < 4.78 is 7.54. The van der Waals surface area contributed by atoms with Crippen LogP contribution in [0.4, 0.5) is 5.69 Å². The number of benzene rings is 3. The van der Waals surface area contributed by atoms with Gasteiger partial charge in [0.25, 0.3) is 11.7 Å². The Morgan fingerprint density at radius 2 is 1.83 bits per heavy atom. The second-order valence-electron chi connectivity index (χ2n) is 8.78. The van der Waals surface area contributed by atoms with Crippen LogP contribution in [0.3, 0.4) is 0 Å². The van der Waals surface area contributed by atoms with Crippen molar-refractivity contribution in [2.24, 2.45) is 7.05 Å². The average Bonchev–Trinajstić information content (AvgIpc) is 3.54. The summed E-state index contributed by atoms with van der Waals surface area (Å²) in [6, 6.07) is 19.1. The first-order valence-electron chi connectivity index (χ1n) is 11.3. The fourth-order valence-corrected chi connectivity index (χ4v) is 5.20. The molecule has 0 spiro atoms. The molecule has 1 fully saturated rings. The van der Waals surface area contributed by atoms with Crippen molar-refractivity contribution in [1.82, 2.24) is 4.57 Å². The molecule has 1 atom stereocenters. The number of rotatable bonds is 3. The predicted molar refractivity (Wildman–Crippen MR) is 135 cm³/mol. The number of para-hydroxylation sites is 1. The van der Waals surface area contributed by atoms with Crippen molar-refractivity contribution in [3.63, 3.8) is 0 Å². The van der Waals surface area contributed by atoms with Crippen molar-refractivity contribution in [2.75, 3.05) is 11.5 Å². The van der Waals surface area contributed by atoms with Crippen LogP contribution in [0.2, 0.25) is 5.02 Å². The lowest BCUT2D eigenvalue weighted by Gasteiger charge is -2.25. The molecule has 1 N–H and O–H groups in total. The number of aliphatic hydroxyl groups excluding tert-OH is 1. The van der Waals surface area contributed by atoms with Crippen molar-refractivity contribution < 1.29 is 19.4 Å². The number of ketones is 1. The summed E-state index contributed by atoms with van der Waals surface area (Å²) in [4.78, 5) is 28.3. The summed E-state index contributed by atoms with van der Waals surface area (Å²) in [7, 11) is 1.92. The van der Waals surface area contributed by atoms with Crippen molar-refractivity contribution in [3.8, 4) is 5.75 Å². The van der Waals surface area contributed by atoms with Gasteiger partial charge in [-0.15, -0.1) is 0 Å². The zero-order valence-corrected chi connectivity index (χ0v) is 19.6. The van der Waals surface area contributed by atoms with Crippen LogP contribution in [-0.2, 0) is 23.1 Å². The Kier molecular flexibility index (Phi) is 4.93. The number of hydrogen-bond acceptors (Lipinski definition) is 4. The van der Waals surface area contributed by atoms with Gasteiger partial charge in [0.2, 0.25) is 0 Å². The molecule has 7 heteroatoms. The minimum atomic E-state index is -0.813. The third kappa shape index (κ3) is 3.33. The molecule has 3 aromatic carbocycles. The van der Waals surface area contributed by atoms with E-state index in [9.17, 15) is 14.7 Å². The Bertz CT molecular complexity index is 1550. The highest BCUT2D eigenvalue weighted by molar-refractivity contribution is 6.52. The van der Waals surface area contributed by atoms with Crippen LogP contribution in [0.25, 0.3) is 16.7 Å². The Morgan fingerprint density at radius 1 is 1.06 bits per heavy atom. The Balaban J connectivity index is 1.61. The molecule has 0 radical (unpaired) electrons. The number of carbonyl (C=O) groups is 2. The number of aryl methyl sites for hydroxylation is 1. The Labute approximate surface area is 206 Å². The van der Waals surface area contributed by atoms with Crippen molar-refractivity contribution in [3.05, 3.63) is 100 Å². The average molecular weight is 485 g/mol.